The Morgan fingerprint density at radius 3 is 2.67 bits per heavy atom. The second-order valence-electron chi connectivity index (χ2n) is 7.60. The maximum absolute atomic E-state index is 13.8. The highest BCUT2D eigenvalue weighted by atomic mass is 79.9. The van der Waals surface area contributed by atoms with Gasteiger partial charge in [-0.3, -0.25) is 4.68 Å². The van der Waals surface area contributed by atoms with E-state index in [0.29, 0.717) is 5.56 Å². The fourth-order valence-electron chi connectivity index (χ4n) is 3.32. The number of rotatable bonds is 8. The summed E-state index contributed by atoms with van der Waals surface area (Å²) in [7, 11) is 1.27. The van der Waals surface area contributed by atoms with Crippen molar-refractivity contribution in [1.82, 2.24) is 9.78 Å². The summed E-state index contributed by atoms with van der Waals surface area (Å²) in [6, 6.07) is 6.16. The summed E-state index contributed by atoms with van der Waals surface area (Å²) in [5.41, 5.74) is -0.880. The maximum Gasteiger partial charge on any atom is 0.424 e. The molecule has 1 saturated heterocycles. The molecule has 1 unspecified atom stereocenters. The van der Waals surface area contributed by atoms with Gasteiger partial charge in [-0.1, -0.05) is 24.3 Å². The maximum atomic E-state index is 13.8. The zero-order valence-electron chi connectivity index (χ0n) is 17.9. The SMILES string of the molecule is CO/C=C(/C(=O)[O-])c1ccccc1COc1nn(CC2COC(C)(C)O2)c(Br)c1C(F)(F)F. The van der Waals surface area contributed by atoms with Gasteiger partial charge in [0.15, 0.2) is 11.4 Å². The van der Waals surface area contributed by atoms with Crippen LogP contribution in [0.3, 0.4) is 0 Å². The van der Waals surface area contributed by atoms with Crippen molar-refractivity contribution >= 4 is 27.5 Å². The molecule has 180 valence electrons. The average molecular weight is 534 g/mol. The van der Waals surface area contributed by atoms with Gasteiger partial charge in [-0.05, 0) is 40.9 Å². The summed E-state index contributed by atoms with van der Waals surface area (Å²) < 4.78 is 63.4. The van der Waals surface area contributed by atoms with Crippen LogP contribution >= 0.6 is 15.9 Å². The van der Waals surface area contributed by atoms with Gasteiger partial charge in [0.1, 0.15) is 17.3 Å². The molecule has 1 aromatic heterocycles. The topological polar surface area (TPSA) is 94.9 Å². The molecule has 0 spiro atoms. The van der Waals surface area contributed by atoms with Crippen LogP contribution in [-0.2, 0) is 38.3 Å². The van der Waals surface area contributed by atoms with Crippen LogP contribution in [0, 0.1) is 0 Å². The van der Waals surface area contributed by atoms with Crippen LogP contribution in [0.1, 0.15) is 30.5 Å². The zero-order valence-corrected chi connectivity index (χ0v) is 19.5. The van der Waals surface area contributed by atoms with Gasteiger partial charge in [-0.2, -0.15) is 13.2 Å². The number of alkyl halides is 3. The third kappa shape index (κ3) is 5.87. The summed E-state index contributed by atoms with van der Waals surface area (Å²) in [6.07, 6.45) is -4.29. The molecule has 0 bridgehead atoms. The van der Waals surface area contributed by atoms with Crippen LogP contribution in [0.4, 0.5) is 13.2 Å². The summed E-state index contributed by atoms with van der Waals surface area (Å²) in [4.78, 5) is 11.5. The second-order valence-corrected chi connectivity index (χ2v) is 8.35. The lowest BCUT2D eigenvalue weighted by Crippen LogP contribution is -2.24. The average Bonchev–Trinajstić information content (AvgIpc) is 3.23. The quantitative estimate of drug-likeness (QED) is 0.380. The Balaban J connectivity index is 1.89. The van der Waals surface area contributed by atoms with E-state index >= 15 is 0 Å². The Morgan fingerprint density at radius 1 is 1.39 bits per heavy atom. The Kier molecular flexibility index (Phi) is 7.39. The number of benzene rings is 1. The van der Waals surface area contributed by atoms with Crippen LogP contribution < -0.4 is 9.84 Å². The van der Waals surface area contributed by atoms with Crippen molar-refractivity contribution < 1.29 is 42.0 Å². The lowest BCUT2D eigenvalue weighted by Gasteiger charge is -2.17. The van der Waals surface area contributed by atoms with Crippen molar-refractivity contribution in [3.8, 4) is 5.88 Å². The van der Waals surface area contributed by atoms with Gasteiger partial charge in [0, 0.05) is 5.57 Å². The number of carboxylic acid groups (broad SMARTS) is 1. The lowest BCUT2D eigenvalue weighted by molar-refractivity contribution is -0.295. The smallest absolute Gasteiger partial charge is 0.424 e. The number of nitrogens with zero attached hydrogens (tertiary/aromatic N) is 2. The molecule has 1 atom stereocenters. The fourth-order valence-corrected chi connectivity index (χ4v) is 3.94. The monoisotopic (exact) mass is 533 g/mol. The molecule has 0 saturated carbocycles. The molecule has 0 aliphatic carbocycles. The fraction of sp³-hybridized carbons (Fsp3) is 0.429. The number of carbonyl (C=O) groups is 1. The van der Waals surface area contributed by atoms with Gasteiger partial charge in [0.25, 0.3) is 0 Å². The second kappa shape index (κ2) is 9.74. The summed E-state index contributed by atoms with van der Waals surface area (Å²) >= 11 is 2.97. The molecule has 1 aliphatic heterocycles. The van der Waals surface area contributed by atoms with Gasteiger partial charge in [-0.25, -0.2) is 0 Å². The van der Waals surface area contributed by atoms with E-state index in [0.717, 1.165) is 10.9 Å². The first-order valence-corrected chi connectivity index (χ1v) is 10.5. The highest BCUT2D eigenvalue weighted by Crippen LogP contribution is 2.41. The van der Waals surface area contributed by atoms with E-state index in [1.54, 1.807) is 26.0 Å². The first kappa shape index (κ1) is 25.1. The van der Waals surface area contributed by atoms with Crippen LogP contribution in [0.5, 0.6) is 5.88 Å². The number of aromatic nitrogens is 2. The number of ether oxygens (including phenoxy) is 4. The van der Waals surface area contributed by atoms with Gasteiger partial charge < -0.3 is 28.8 Å². The van der Waals surface area contributed by atoms with Crippen molar-refractivity contribution in [3.05, 3.63) is 51.8 Å². The van der Waals surface area contributed by atoms with Crippen LogP contribution in [0.2, 0.25) is 0 Å². The molecule has 2 heterocycles. The van der Waals surface area contributed by atoms with Crippen LogP contribution in [0.25, 0.3) is 5.57 Å². The molecule has 1 aliphatic rings. The predicted octanol–water partition coefficient (Wildman–Crippen LogP) is 3.13. The molecule has 8 nitrogen and oxygen atoms in total. The molecular formula is C21H21BrF3N2O6-. The number of hydrogen-bond donors (Lipinski definition) is 0. The van der Waals surface area contributed by atoms with Crippen molar-refractivity contribution in [2.45, 2.75) is 45.1 Å². The minimum Gasteiger partial charge on any atom is -0.545 e. The van der Waals surface area contributed by atoms with E-state index in [1.165, 1.54) is 19.2 Å². The lowest BCUT2D eigenvalue weighted by atomic mass is 10.0. The number of hydrogen-bond acceptors (Lipinski definition) is 7. The molecule has 0 amide bonds. The van der Waals surface area contributed by atoms with Crippen molar-refractivity contribution in [2.75, 3.05) is 13.7 Å². The van der Waals surface area contributed by atoms with Crippen molar-refractivity contribution in [1.29, 1.82) is 0 Å². The molecule has 3 rings (SSSR count). The molecule has 0 N–H and O–H groups in total. The van der Waals surface area contributed by atoms with Gasteiger partial charge in [0.05, 0.1) is 32.5 Å². The zero-order chi connectivity index (χ0) is 24.4. The molecule has 1 aromatic carbocycles. The van der Waals surface area contributed by atoms with Crippen LogP contribution in [-0.4, -0.2) is 41.4 Å². The third-order valence-electron chi connectivity index (χ3n) is 4.71. The third-order valence-corrected chi connectivity index (χ3v) is 5.52. The summed E-state index contributed by atoms with van der Waals surface area (Å²) in [5, 5.41) is 15.4. The van der Waals surface area contributed by atoms with E-state index < -0.39 is 35.5 Å². The highest BCUT2D eigenvalue weighted by molar-refractivity contribution is 9.10. The largest absolute Gasteiger partial charge is 0.545 e. The first-order chi connectivity index (χ1) is 15.4. The van der Waals surface area contributed by atoms with Gasteiger partial charge in [0.2, 0.25) is 5.88 Å². The van der Waals surface area contributed by atoms with E-state index in [2.05, 4.69) is 21.0 Å². The van der Waals surface area contributed by atoms with Gasteiger partial charge in [-0.15, -0.1) is 5.10 Å². The Morgan fingerprint density at radius 2 is 2.09 bits per heavy atom. The predicted molar refractivity (Wildman–Crippen MR) is 111 cm³/mol. The molecule has 0 radical (unpaired) electrons. The first-order valence-electron chi connectivity index (χ1n) is 9.73. The highest BCUT2D eigenvalue weighted by Gasteiger charge is 2.42. The van der Waals surface area contributed by atoms with E-state index in [4.69, 9.17) is 18.9 Å². The Hall–Kier alpha value is -2.57. The minimum absolute atomic E-state index is 0.00154. The van der Waals surface area contributed by atoms with Crippen LogP contribution in [0.15, 0.2) is 35.1 Å². The number of carbonyl (C=O) groups excluding carboxylic acids is 1. The van der Waals surface area contributed by atoms with E-state index in [9.17, 15) is 23.1 Å². The number of methoxy groups -OCH3 is 1. The Labute approximate surface area is 196 Å². The molecule has 1 fully saturated rings. The minimum atomic E-state index is -4.76. The number of aliphatic carboxylic acids is 1. The van der Waals surface area contributed by atoms with Crippen molar-refractivity contribution in [2.24, 2.45) is 0 Å². The standard InChI is InChI=1S/C21H22BrF3N2O6/c1-20(2)32-10-13(33-20)8-27-17(22)16(21(23,24)25)18(26-27)31-9-12-6-4-5-7-14(12)15(11-30-3)19(28)29/h4-7,11,13H,8-10H2,1-3H3,(H,28,29)/p-1/b15-11+. The van der Waals surface area contributed by atoms with Gasteiger partial charge >= 0.3 is 6.18 Å². The normalized spacial score (nSPS) is 18.4. The molecule has 12 heteroatoms. The summed E-state index contributed by atoms with van der Waals surface area (Å²) in [6.45, 7) is 3.22. The van der Waals surface area contributed by atoms with Crippen molar-refractivity contribution in [3.63, 3.8) is 0 Å². The molecular weight excluding hydrogens is 513 g/mol. The van der Waals surface area contributed by atoms with E-state index in [1.807, 2.05) is 0 Å². The van der Waals surface area contributed by atoms with E-state index in [-0.39, 0.29) is 35.5 Å². The number of carboxylic acids is 1. The molecule has 2 aromatic rings. The number of halogens is 4. The Bertz CT molecular complexity index is 1050. The molecule has 33 heavy (non-hydrogen) atoms. The summed E-state index contributed by atoms with van der Waals surface area (Å²) in [5.74, 6) is -3.01.